The van der Waals surface area contributed by atoms with Gasteiger partial charge in [-0.3, -0.25) is 9.59 Å². The second kappa shape index (κ2) is 17.7. The summed E-state index contributed by atoms with van der Waals surface area (Å²) in [6.45, 7) is 34.0. The molecule has 0 aromatic heterocycles. The molecule has 2 N–H and O–H groups in total. The van der Waals surface area contributed by atoms with Gasteiger partial charge in [0.25, 0.3) is 0 Å². The van der Waals surface area contributed by atoms with Crippen molar-refractivity contribution in [2.45, 2.75) is 215 Å². The summed E-state index contributed by atoms with van der Waals surface area (Å²) in [5.41, 5.74) is -4.61. The van der Waals surface area contributed by atoms with Crippen LogP contribution in [0.15, 0.2) is 11.1 Å². The van der Waals surface area contributed by atoms with E-state index in [-0.39, 0.29) is 24.0 Å². The molecule has 1 amide bonds. The third kappa shape index (κ3) is 8.73. The van der Waals surface area contributed by atoms with Gasteiger partial charge in [0.2, 0.25) is 11.6 Å². The van der Waals surface area contributed by atoms with Crippen LogP contribution < -0.4 is 5.32 Å². The molecule has 2 unspecified atom stereocenters. The average molecular weight is 864 g/mol. The Morgan fingerprint density at radius 2 is 1.47 bits per heavy atom. The monoisotopic (exact) mass is 864 g/mol. The van der Waals surface area contributed by atoms with E-state index in [1.54, 1.807) is 27.7 Å². The van der Waals surface area contributed by atoms with Gasteiger partial charge < -0.3 is 33.5 Å². The molecule has 4 rings (SSSR count). The molecule has 10 atom stereocenters. The van der Waals surface area contributed by atoms with Gasteiger partial charge in [-0.1, -0.05) is 83.1 Å². The van der Waals surface area contributed by atoms with Crippen LogP contribution >= 0.6 is 0 Å². The van der Waals surface area contributed by atoms with E-state index in [4.69, 9.17) is 23.1 Å². The summed E-state index contributed by atoms with van der Waals surface area (Å²) in [4.78, 5) is 58.8. The lowest BCUT2D eigenvalue weighted by molar-refractivity contribution is -0.297. The summed E-state index contributed by atoms with van der Waals surface area (Å²) in [7, 11) is -4.77. The molecule has 3 fully saturated rings. The van der Waals surface area contributed by atoms with Crippen LogP contribution in [0.5, 0.6) is 0 Å². The van der Waals surface area contributed by atoms with Crippen molar-refractivity contribution in [3.63, 3.8) is 0 Å². The maximum Gasteiger partial charge on any atom is 0.407 e. The zero-order chi connectivity index (χ0) is 44.9. The van der Waals surface area contributed by atoms with Crippen molar-refractivity contribution < 1.29 is 47.3 Å². The zero-order valence-corrected chi connectivity index (χ0v) is 41.8. The van der Waals surface area contributed by atoms with Gasteiger partial charge in [0, 0.05) is 29.2 Å². The summed E-state index contributed by atoms with van der Waals surface area (Å²) in [5, 5.41) is 16.5. The average Bonchev–Trinajstić information content (AvgIpc) is 3.15. The van der Waals surface area contributed by atoms with Crippen LogP contribution in [0.1, 0.15) is 137 Å². The molecule has 0 aromatic rings. The van der Waals surface area contributed by atoms with E-state index < -0.39 is 104 Å². The maximum absolute atomic E-state index is 15.4. The molecule has 1 heterocycles. The molecule has 2 bridgehead atoms. The highest BCUT2D eigenvalue weighted by Crippen LogP contribution is 2.67. The van der Waals surface area contributed by atoms with Gasteiger partial charge in [0.1, 0.15) is 11.7 Å². The van der Waals surface area contributed by atoms with Crippen LogP contribution in [0.3, 0.4) is 0 Å². The second-order valence-electron chi connectivity index (χ2n) is 21.0. The quantitative estimate of drug-likeness (QED) is 0.0875. The Hall–Kier alpha value is -1.91. The number of carbonyl (C=O) groups is 4. The molecule has 0 radical (unpaired) electrons. The van der Waals surface area contributed by atoms with Crippen LogP contribution in [-0.4, -0.2) is 93.6 Å². The van der Waals surface area contributed by atoms with Gasteiger partial charge in [-0.15, -0.1) is 0 Å². The van der Waals surface area contributed by atoms with Crippen LogP contribution in [0.4, 0.5) is 4.79 Å². The van der Waals surface area contributed by atoms with Crippen LogP contribution in [0.2, 0.25) is 36.3 Å². The summed E-state index contributed by atoms with van der Waals surface area (Å²) in [5.74, 6) is -2.77. The summed E-state index contributed by atoms with van der Waals surface area (Å²) >= 11 is 0. The molecule has 3 aliphatic carbocycles. The Morgan fingerprint density at radius 1 is 0.932 bits per heavy atom. The normalized spacial score (nSPS) is 33.2. The van der Waals surface area contributed by atoms with Gasteiger partial charge in [-0.25, -0.2) is 9.59 Å². The number of hydrogen-bond donors (Lipinski definition) is 2. The zero-order valence-electron chi connectivity index (χ0n) is 39.8. The topological polar surface area (TPSA) is 147 Å². The molecular weight excluding hydrogens is 783 g/mol. The first-order valence-corrected chi connectivity index (χ1v) is 27.9. The smallest absolute Gasteiger partial charge is 0.407 e. The van der Waals surface area contributed by atoms with E-state index in [9.17, 15) is 14.7 Å². The summed E-state index contributed by atoms with van der Waals surface area (Å²) in [6, 6.07) is 4.16. The minimum Gasteiger partial charge on any atom is -0.456 e. The number of carbonyl (C=O) groups excluding carboxylic acids is 4. The Kier molecular flexibility index (Phi) is 14.9. The van der Waals surface area contributed by atoms with Crippen LogP contribution in [0.25, 0.3) is 0 Å². The molecule has 4 aliphatic rings. The van der Waals surface area contributed by atoms with Crippen molar-refractivity contribution in [2.24, 2.45) is 34.0 Å². The lowest BCUT2D eigenvalue weighted by atomic mass is 9.41. The van der Waals surface area contributed by atoms with Gasteiger partial charge in [-0.05, 0) is 101 Å². The van der Waals surface area contributed by atoms with Crippen molar-refractivity contribution in [3.05, 3.63) is 11.1 Å². The maximum atomic E-state index is 15.4. The molecule has 13 heteroatoms. The van der Waals surface area contributed by atoms with E-state index in [0.717, 1.165) is 36.3 Å². The van der Waals surface area contributed by atoms with Gasteiger partial charge in [-0.2, -0.15) is 0 Å². The SMILES string of the molecule is CC[Si](CC)(CC)OC(C(=O)O[C@H]1C[C@@]2(O)[C@@H](C)[C@@H]3[C@]4(C)CO[C@@H]4CC(O[Si](CC)(CC)CC)[C@@]3(C)C(=O)C(=O)C(=C1C)C2(C)C)[C@H](CC(C)C)NC(=O)OC(C)(C)C. The number of nitrogens with one attached hydrogen (secondary N) is 1. The lowest BCUT2D eigenvalue weighted by Gasteiger charge is -2.68. The van der Waals surface area contributed by atoms with E-state index in [1.807, 2.05) is 41.5 Å². The first-order chi connectivity index (χ1) is 27.2. The fourth-order valence-corrected chi connectivity index (χ4v) is 17.5. The minimum absolute atomic E-state index is 0.0138. The highest BCUT2D eigenvalue weighted by molar-refractivity contribution is 6.74. The number of esters is 1. The fraction of sp³-hybridized carbons (Fsp3) is 0.870. The molecule has 2 saturated carbocycles. The Balaban J connectivity index is 1.88. The van der Waals surface area contributed by atoms with E-state index in [1.165, 1.54) is 0 Å². The first kappa shape index (κ1) is 49.7. The highest BCUT2D eigenvalue weighted by atomic mass is 28.4. The van der Waals surface area contributed by atoms with Crippen molar-refractivity contribution in [2.75, 3.05) is 6.61 Å². The number of Topliss-reactive ketones (excluding diaryl/α,β-unsaturated/α-hetero) is 2. The first-order valence-electron chi connectivity index (χ1n) is 22.9. The summed E-state index contributed by atoms with van der Waals surface area (Å²) in [6.07, 6.45) is -2.68. The number of rotatable bonds is 16. The number of ether oxygens (including phenoxy) is 3. The molecule has 0 aromatic carbocycles. The number of fused-ring (bicyclic) bond motifs is 5. The van der Waals surface area contributed by atoms with Crippen LogP contribution in [0, 0.1) is 34.0 Å². The van der Waals surface area contributed by atoms with Crippen molar-refractivity contribution in [1.82, 2.24) is 5.32 Å². The number of aliphatic hydroxyl groups is 1. The lowest BCUT2D eigenvalue weighted by Crippen LogP contribution is -2.75. The van der Waals surface area contributed by atoms with E-state index in [0.29, 0.717) is 25.0 Å². The van der Waals surface area contributed by atoms with Gasteiger partial charge in [0.05, 0.1) is 35.9 Å². The Labute approximate surface area is 358 Å². The molecule has 1 aliphatic heterocycles. The second-order valence-corrected chi connectivity index (χ2v) is 30.4. The standard InChI is InChI=1S/C46H81NO10Si2/c1-18-58(19-2,20-3)56-34-25-33-44(16,27-53-33)38-30(10)46(52)26-32(29(9)35(43(46,14)15)36(48)39(49)45(34,38)17)54-40(50)37(57-59(21-4,22-5)23-6)31(24-28(7)8)47-41(51)55-42(11,12)13/h28,30-34,37-38,52H,18-27H2,1-17H3,(H,47,51)/t30-,31-,32-,33+,34?,37?,38+,44+,45+,46+/m0/s1. The molecule has 1 saturated heterocycles. The molecule has 338 valence electrons. The largest absolute Gasteiger partial charge is 0.456 e. The van der Waals surface area contributed by atoms with Crippen molar-refractivity contribution in [1.29, 1.82) is 0 Å². The number of alkyl carbamates (subject to hydrolysis) is 1. The Morgan fingerprint density at radius 3 is 1.93 bits per heavy atom. The van der Waals surface area contributed by atoms with Gasteiger partial charge in [0.15, 0.2) is 22.7 Å². The van der Waals surface area contributed by atoms with Gasteiger partial charge >= 0.3 is 12.1 Å². The van der Waals surface area contributed by atoms with E-state index >= 15 is 9.59 Å². The number of ketones is 2. The third-order valence-corrected chi connectivity index (χ3v) is 25.2. The Bertz CT molecular complexity index is 1600. The number of amides is 1. The molecule has 0 spiro atoms. The summed E-state index contributed by atoms with van der Waals surface area (Å²) < 4.78 is 32.7. The third-order valence-electron chi connectivity index (χ3n) is 16.0. The molecule has 59 heavy (non-hydrogen) atoms. The van der Waals surface area contributed by atoms with Crippen LogP contribution in [-0.2, 0) is 37.4 Å². The molecule has 11 nitrogen and oxygen atoms in total. The minimum atomic E-state index is -2.49. The predicted octanol–water partition coefficient (Wildman–Crippen LogP) is 9.32. The molecular formula is C46H81NO10Si2. The van der Waals surface area contributed by atoms with Crippen molar-refractivity contribution >= 4 is 40.3 Å². The van der Waals surface area contributed by atoms with Crippen molar-refractivity contribution in [3.8, 4) is 0 Å². The fourth-order valence-electron chi connectivity index (χ4n) is 11.8. The predicted molar refractivity (Wildman–Crippen MR) is 236 cm³/mol. The van der Waals surface area contributed by atoms with E-state index in [2.05, 4.69) is 53.8 Å². The number of hydrogen-bond acceptors (Lipinski definition) is 10. The highest BCUT2D eigenvalue weighted by Gasteiger charge is 2.73.